The third-order valence-corrected chi connectivity index (χ3v) is 4.36. The number of amides is 1. The number of hydrogen-bond acceptors (Lipinski definition) is 3. The van der Waals surface area contributed by atoms with Gasteiger partial charge in [0.1, 0.15) is 16.9 Å². The highest BCUT2D eigenvalue weighted by Crippen LogP contribution is 2.30. The van der Waals surface area contributed by atoms with Crippen molar-refractivity contribution in [3.63, 3.8) is 0 Å². The maximum absolute atomic E-state index is 12.4. The van der Waals surface area contributed by atoms with Gasteiger partial charge in [-0.25, -0.2) is 0 Å². The van der Waals surface area contributed by atoms with E-state index in [0.29, 0.717) is 16.5 Å². The van der Waals surface area contributed by atoms with E-state index in [0.717, 1.165) is 21.9 Å². The van der Waals surface area contributed by atoms with Gasteiger partial charge in [0.15, 0.2) is 6.10 Å². The van der Waals surface area contributed by atoms with Crippen LogP contribution in [0.4, 0.5) is 5.69 Å². The number of carbonyl (C=O) groups excluding carboxylic acids is 1. The first-order chi connectivity index (χ1) is 12.6. The van der Waals surface area contributed by atoms with E-state index in [9.17, 15) is 4.79 Å². The van der Waals surface area contributed by atoms with Crippen LogP contribution in [0.5, 0.6) is 5.75 Å². The molecule has 4 aromatic rings. The van der Waals surface area contributed by atoms with Gasteiger partial charge in [0.2, 0.25) is 0 Å². The predicted molar refractivity (Wildman–Crippen MR) is 104 cm³/mol. The Hall–Kier alpha value is -2.98. The predicted octanol–water partition coefficient (Wildman–Crippen LogP) is 5.65. The lowest BCUT2D eigenvalue weighted by atomic mass is 10.1. The molecule has 1 atom stereocenters. The maximum atomic E-state index is 12.4. The summed E-state index contributed by atoms with van der Waals surface area (Å²) in [6.45, 7) is 1.69. The molecule has 4 nitrogen and oxygen atoms in total. The van der Waals surface area contributed by atoms with Crippen LogP contribution in [0.1, 0.15) is 6.92 Å². The Morgan fingerprint density at radius 2 is 1.81 bits per heavy atom. The summed E-state index contributed by atoms with van der Waals surface area (Å²) in [6, 6.07) is 20.4. The van der Waals surface area contributed by atoms with Crippen LogP contribution in [0.25, 0.3) is 21.9 Å². The van der Waals surface area contributed by atoms with Gasteiger partial charge in [-0.3, -0.25) is 4.79 Å². The number of benzene rings is 3. The molecule has 0 spiro atoms. The quantitative estimate of drug-likeness (QED) is 0.508. The number of para-hydroxylation sites is 1. The molecule has 3 aromatic carbocycles. The summed E-state index contributed by atoms with van der Waals surface area (Å²) in [5.74, 6) is 0.299. The topological polar surface area (TPSA) is 51.5 Å². The van der Waals surface area contributed by atoms with Gasteiger partial charge in [-0.15, -0.1) is 0 Å². The number of rotatable bonds is 4. The van der Waals surface area contributed by atoms with Gasteiger partial charge >= 0.3 is 0 Å². The summed E-state index contributed by atoms with van der Waals surface area (Å²) in [7, 11) is 0. The number of carbonyl (C=O) groups is 1. The van der Waals surface area contributed by atoms with Crippen molar-refractivity contribution < 1.29 is 13.9 Å². The molecule has 1 heterocycles. The average Bonchev–Trinajstić information content (AvgIpc) is 2.99. The second-order valence-corrected chi connectivity index (χ2v) is 6.45. The van der Waals surface area contributed by atoms with Crippen LogP contribution in [0.3, 0.4) is 0 Å². The van der Waals surface area contributed by atoms with Crippen molar-refractivity contribution in [2.24, 2.45) is 0 Å². The second kappa shape index (κ2) is 6.73. The molecule has 0 unspecified atom stereocenters. The molecule has 0 saturated carbocycles. The number of nitrogens with one attached hydrogen (secondary N) is 1. The first kappa shape index (κ1) is 16.5. The summed E-state index contributed by atoms with van der Waals surface area (Å²) >= 11 is 5.94. The fourth-order valence-electron chi connectivity index (χ4n) is 2.85. The lowest BCUT2D eigenvalue weighted by Gasteiger charge is -2.15. The molecule has 0 fully saturated rings. The third-order valence-electron chi connectivity index (χ3n) is 4.12. The molecule has 1 amide bonds. The highest BCUT2D eigenvalue weighted by Gasteiger charge is 2.16. The van der Waals surface area contributed by atoms with Gasteiger partial charge in [0.25, 0.3) is 5.91 Å². The molecule has 0 aliphatic heterocycles. The molecule has 5 heteroatoms. The normalized spacial score (nSPS) is 12.2. The second-order valence-electron chi connectivity index (χ2n) is 6.02. The van der Waals surface area contributed by atoms with E-state index in [-0.39, 0.29) is 5.91 Å². The van der Waals surface area contributed by atoms with Gasteiger partial charge in [-0.2, -0.15) is 0 Å². The first-order valence-corrected chi connectivity index (χ1v) is 8.62. The SMILES string of the molecule is C[C@@H](Oc1cccc(Cl)c1)C(=O)Nc1ccc2c(c1)oc1ccccc12. The van der Waals surface area contributed by atoms with Crippen LogP contribution < -0.4 is 10.1 Å². The van der Waals surface area contributed by atoms with E-state index >= 15 is 0 Å². The van der Waals surface area contributed by atoms with E-state index in [4.69, 9.17) is 20.8 Å². The highest BCUT2D eigenvalue weighted by atomic mass is 35.5. The zero-order valence-electron chi connectivity index (χ0n) is 14.0. The minimum absolute atomic E-state index is 0.250. The van der Waals surface area contributed by atoms with Crippen molar-refractivity contribution in [2.75, 3.05) is 5.32 Å². The van der Waals surface area contributed by atoms with Crippen LogP contribution in [-0.2, 0) is 4.79 Å². The zero-order valence-corrected chi connectivity index (χ0v) is 14.8. The van der Waals surface area contributed by atoms with Gasteiger partial charge in [-0.1, -0.05) is 35.9 Å². The van der Waals surface area contributed by atoms with Crippen LogP contribution in [0, 0.1) is 0 Å². The molecule has 0 aliphatic rings. The van der Waals surface area contributed by atoms with E-state index in [1.165, 1.54) is 0 Å². The monoisotopic (exact) mass is 365 g/mol. The Labute approximate surface area is 155 Å². The Morgan fingerprint density at radius 3 is 2.65 bits per heavy atom. The molecule has 130 valence electrons. The van der Waals surface area contributed by atoms with Crippen LogP contribution in [0.2, 0.25) is 5.02 Å². The minimum atomic E-state index is -0.667. The summed E-state index contributed by atoms with van der Waals surface area (Å²) < 4.78 is 11.5. The lowest BCUT2D eigenvalue weighted by Crippen LogP contribution is -2.30. The highest BCUT2D eigenvalue weighted by molar-refractivity contribution is 6.30. The molecule has 1 N–H and O–H groups in total. The molecule has 26 heavy (non-hydrogen) atoms. The Bertz CT molecular complexity index is 1100. The number of fused-ring (bicyclic) bond motifs is 3. The largest absolute Gasteiger partial charge is 0.481 e. The van der Waals surface area contributed by atoms with Crippen molar-refractivity contribution in [3.05, 3.63) is 71.8 Å². The van der Waals surface area contributed by atoms with E-state index in [2.05, 4.69) is 5.32 Å². The molecule has 0 aliphatic carbocycles. The number of furan rings is 1. The Kier molecular flexibility index (Phi) is 4.27. The zero-order chi connectivity index (χ0) is 18.1. The van der Waals surface area contributed by atoms with Crippen LogP contribution in [-0.4, -0.2) is 12.0 Å². The van der Waals surface area contributed by atoms with Crippen molar-refractivity contribution in [3.8, 4) is 5.75 Å². The van der Waals surface area contributed by atoms with Gasteiger partial charge in [0.05, 0.1) is 0 Å². The Morgan fingerprint density at radius 1 is 1.00 bits per heavy atom. The van der Waals surface area contributed by atoms with Crippen molar-refractivity contribution in [2.45, 2.75) is 13.0 Å². The van der Waals surface area contributed by atoms with Gasteiger partial charge in [0, 0.05) is 27.5 Å². The smallest absolute Gasteiger partial charge is 0.265 e. The van der Waals surface area contributed by atoms with Crippen molar-refractivity contribution in [1.29, 1.82) is 0 Å². The molecule has 4 rings (SSSR count). The number of ether oxygens (including phenoxy) is 1. The third kappa shape index (κ3) is 3.24. The molecule has 0 radical (unpaired) electrons. The molecule has 0 saturated heterocycles. The number of halogens is 1. The maximum Gasteiger partial charge on any atom is 0.265 e. The molecular formula is C21H16ClNO3. The summed E-state index contributed by atoms with van der Waals surface area (Å²) in [4.78, 5) is 12.4. The number of hydrogen-bond donors (Lipinski definition) is 1. The van der Waals surface area contributed by atoms with Crippen molar-refractivity contribution >= 4 is 45.1 Å². The molecule has 0 bridgehead atoms. The fourth-order valence-corrected chi connectivity index (χ4v) is 3.03. The van der Waals surface area contributed by atoms with Crippen molar-refractivity contribution in [1.82, 2.24) is 0 Å². The Balaban J connectivity index is 1.52. The standard InChI is InChI=1S/C21H16ClNO3/c1-13(25-16-6-4-5-14(22)11-16)21(24)23-15-9-10-18-17-7-2-3-8-19(17)26-20(18)12-15/h2-13H,1H3,(H,23,24)/t13-/m1/s1. The van der Waals surface area contributed by atoms with Crippen LogP contribution in [0.15, 0.2) is 71.1 Å². The number of anilines is 1. The fraction of sp³-hybridized carbons (Fsp3) is 0.0952. The summed E-state index contributed by atoms with van der Waals surface area (Å²) in [6.07, 6.45) is -0.667. The average molecular weight is 366 g/mol. The minimum Gasteiger partial charge on any atom is -0.481 e. The summed E-state index contributed by atoms with van der Waals surface area (Å²) in [5.41, 5.74) is 2.21. The van der Waals surface area contributed by atoms with Gasteiger partial charge < -0.3 is 14.5 Å². The molecule has 1 aromatic heterocycles. The summed E-state index contributed by atoms with van der Waals surface area (Å²) in [5, 5.41) is 5.49. The van der Waals surface area contributed by atoms with E-state index < -0.39 is 6.10 Å². The van der Waals surface area contributed by atoms with E-state index in [1.807, 2.05) is 42.5 Å². The first-order valence-electron chi connectivity index (χ1n) is 8.24. The van der Waals surface area contributed by atoms with E-state index in [1.54, 1.807) is 31.2 Å². The van der Waals surface area contributed by atoms with Crippen LogP contribution >= 0.6 is 11.6 Å². The lowest BCUT2D eigenvalue weighted by molar-refractivity contribution is -0.122. The molecular weight excluding hydrogens is 350 g/mol. The van der Waals surface area contributed by atoms with Gasteiger partial charge in [-0.05, 0) is 43.3 Å².